The standard InChI is InChI=1S/C21H17N3O3S/c1-13-7-6-10-16(11-13)20-24-23-17(27-20)12-26-21(25)19-18(22-14(2)28-19)15-8-4-3-5-9-15/h3-11H,12H2,1-2H3. The van der Waals surface area contributed by atoms with Crippen molar-refractivity contribution < 1.29 is 13.9 Å². The highest BCUT2D eigenvalue weighted by Gasteiger charge is 2.20. The van der Waals surface area contributed by atoms with Crippen LogP contribution in [0.25, 0.3) is 22.7 Å². The summed E-state index contributed by atoms with van der Waals surface area (Å²) in [6.45, 7) is 3.76. The van der Waals surface area contributed by atoms with Crippen molar-refractivity contribution in [2.24, 2.45) is 0 Å². The average Bonchev–Trinajstić information content (AvgIpc) is 3.34. The summed E-state index contributed by atoms with van der Waals surface area (Å²) in [4.78, 5) is 17.5. The first-order valence-corrected chi connectivity index (χ1v) is 9.51. The molecule has 0 radical (unpaired) electrons. The van der Waals surface area contributed by atoms with Gasteiger partial charge in [0.05, 0.1) is 10.7 Å². The molecule has 0 saturated heterocycles. The third kappa shape index (κ3) is 3.84. The van der Waals surface area contributed by atoms with E-state index in [2.05, 4.69) is 15.2 Å². The largest absolute Gasteiger partial charge is 0.451 e. The van der Waals surface area contributed by atoms with Gasteiger partial charge in [-0.1, -0.05) is 48.0 Å². The first-order valence-electron chi connectivity index (χ1n) is 8.69. The van der Waals surface area contributed by atoms with Crippen molar-refractivity contribution >= 4 is 17.3 Å². The Morgan fingerprint density at radius 3 is 2.61 bits per heavy atom. The quantitative estimate of drug-likeness (QED) is 0.453. The van der Waals surface area contributed by atoms with E-state index in [1.165, 1.54) is 11.3 Å². The molecule has 0 atom stereocenters. The molecule has 6 nitrogen and oxygen atoms in total. The Bertz CT molecular complexity index is 1120. The summed E-state index contributed by atoms with van der Waals surface area (Å²) in [6.07, 6.45) is 0. The molecule has 28 heavy (non-hydrogen) atoms. The number of thiazole rings is 1. The molecule has 7 heteroatoms. The molecule has 0 aliphatic rings. The zero-order valence-corrected chi connectivity index (χ0v) is 16.2. The number of hydrogen-bond donors (Lipinski definition) is 0. The Kier molecular flexibility index (Phi) is 4.99. The monoisotopic (exact) mass is 391 g/mol. The summed E-state index contributed by atoms with van der Waals surface area (Å²) in [5, 5.41) is 8.79. The van der Waals surface area contributed by atoms with Crippen molar-refractivity contribution in [1.82, 2.24) is 15.2 Å². The van der Waals surface area contributed by atoms with Crippen molar-refractivity contribution in [2.45, 2.75) is 20.5 Å². The van der Waals surface area contributed by atoms with Crippen LogP contribution < -0.4 is 0 Å². The topological polar surface area (TPSA) is 78.1 Å². The van der Waals surface area contributed by atoms with Crippen LogP contribution in [-0.4, -0.2) is 21.2 Å². The SMILES string of the molecule is Cc1cccc(-c2nnc(COC(=O)c3sc(C)nc3-c3ccccc3)o2)c1. The second-order valence-electron chi connectivity index (χ2n) is 6.22. The summed E-state index contributed by atoms with van der Waals surface area (Å²) >= 11 is 1.30. The molecular formula is C21H17N3O3S. The Balaban J connectivity index is 1.49. The minimum absolute atomic E-state index is 0.0944. The highest BCUT2D eigenvalue weighted by Crippen LogP contribution is 2.29. The van der Waals surface area contributed by atoms with Gasteiger partial charge in [0, 0.05) is 11.1 Å². The summed E-state index contributed by atoms with van der Waals surface area (Å²) in [5.41, 5.74) is 3.42. The number of aryl methyl sites for hydroxylation is 2. The zero-order chi connectivity index (χ0) is 19.5. The van der Waals surface area contributed by atoms with Gasteiger partial charge < -0.3 is 9.15 Å². The second-order valence-corrected chi connectivity index (χ2v) is 7.43. The molecule has 0 bridgehead atoms. The second kappa shape index (κ2) is 7.74. The fourth-order valence-electron chi connectivity index (χ4n) is 2.76. The number of rotatable bonds is 5. The van der Waals surface area contributed by atoms with E-state index >= 15 is 0 Å². The third-order valence-corrected chi connectivity index (χ3v) is 4.98. The van der Waals surface area contributed by atoms with Gasteiger partial charge in [-0.2, -0.15) is 0 Å². The van der Waals surface area contributed by atoms with Gasteiger partial charge in [-0.3, -0.25) is 0 Å². The molecule has 0 unspecified atom stereocenters. The van der Waals surface area contributed by atoms with E-state index in [0.29, 0.717) is 16.5 Å². The molecular weight excluding hydrogens is 374 g/mol. The van der Waals surface area contributed by atoms with Gasteiger partial charge in [-0.25, -0.2) is 9.78 Å². The molecule has 2 aromatic carbocycles. The highest BCUT2D eigenvalue weighted by molar-refractivity contribution is 7.14. The van der Waals surface area contributed by atoms with Crippen molar-refractivity contribution in [3.8, 4) is 22.7 Å². The molecule has 0 aliphatic carbocycles. The van der Waals surface area contributed by atoms with E-state index in [0.717, 1.165) is 21.7 Å². The number of carbonyl (C=O) groups excluding carboxylic acids is 1. The van der Waals surface area contributed by atoms with Crippen LogP contribution in [0.1, 0.15) is 26.1 Å². The first-order chi connectivity index (χ1) is 13.6. The van der Waals surface area contributed by atoms with Crippen LogP contribution in [0.3, 0.4) is 0 Å². The normalized spacial score (nSPS) is 10.8. The van der Waals surface area contributed by atoms with Crippen LogP contribution in [-0.2, 0) is 11.3 Å². The van der Waals surface area contributed by atoms with Gasteiger partial charge in [0.15, 0.2) is 6.61 Å². The smallest absolute Gasteiger partial charge is 0.351 e. The summed E-state index contributed by atoms with van der Waals surface area (Å²) < 4.78 is 11.0. The number of hydrogen-bond acceptors (Lipinski definition) is 7. The van der Waals surface area contributed by atoms with Gasteiger partial charge in [0.2, 0.25) is 5.89 Å². The fraction of sp³-hybridized carbons (Fsp3) is 0.143. The predicted molar refractivity (Wildman–Crippen MR) is 106 cm³/mol. The summed E-state index contributed by atoms with van der Waals surface area (Å²) in [7, 11) is 0. The maximum absolute atomic E-state index is 12.6. The van der Waals surface area contributed by atoms with Crippen molar-refractivity contribution in [3.63, 3.8) is 0 Å². The maximum Gasteiger partial charge on any atom is 0.351 e. The van der Waals surface area contributed by atoms with Gasteiger partial charge in [0.1, 0.15) is 4.88 Å². The molecule has 0 N–H and O–H groups in total. The minimum Gasteiger partial charge on any atom is -0.451 e. The molecule has 2 heterocycles. The van der Waals surface area contributed by atoms with Crippen LogP contribution in [0.2, 0.25) is 0 Å². The number of aromatic nitrogens is 3. The van der Waals surface area contributed by atoms with Crippen molar-refractivity contribution in [2.75, 3.05) is 0 Å². The van der Waals surface area contributed by atoms with Gasteiger partial charge in [-0.05, 0) is 26.0 Å². The lowest BCUT2D eigenvalue weighted by molar-refractivity contribution is 0.0445. The first kappa shape index (κ1) is 18.1. The van der Waals surface area contributed by atoms with E-state index in [-0.39, 0.29) is 12.5 Å². The Morgan fingerprint density at radius 2 is 1.82 bits per heavy atom. The lowest BCUT2D eigenvalue weighted by Gasteiger charge is -2.03. The van der Waals surface area contributed by atoms with Crippen LogP contribution >= 0.6 is 11.3 Å². The Hall–Kier alpha value is -3.32. The molecule has 4 aromatic rings. The van der Waals surface area contributed by atoms with Crippen molar-refractivity contribution in [3.05, 3.63) is 75.9 Å². The van der Waals surface area contributed by atoms with Crippen molar-refractivity contribution in [1.29, 1.82) is 0 Å². The summed E-state index contributed by atoms with van der Waals surface area (Å²) in [6, 6.07) is 17.3. The number of esters is 1. The number of carbonyl (C=O) groups is 1. The lowest BCUT2D eigenvalue weighted by atomic mass is 10.1. The van der Waals surface area contributed by atoms with Gasteiger partial charge in [0.25, 0.3) is 5.89 Å². The summed E-state index contributed by atoms with van der Waals surface area (Å²) in [5.74, 6) is 0.181. The van der Waals surface area contributed by atoms with Gasteiger partial charge >= 0.3 is 5.97 Å². The molecule has 0 spiro atoms. The van der Waals surface area contributed by atoms with E-state index < -0.39 is 5.97 Å². The third-order valence-electron chi connectivity index (χ3n) is 4.03. The van der Waals surface area contributed by atoms with E-state index in [4.69, 9.17) is 9.15 Å². The van der Waals surface area contributed by atoms with Crippen LogP contribution in [0, 0.1) is 13.8 Å². The Morgan fingerprint density at radius 1 is 1.04 bits per heavy atom. The molecule has 140 valence electrons. The van der Waals surface area contributed by atoms with Crippen LogP contribution in [0.15, 0.2) is 59.0 Å². The number of nitrogens with zero attached hydrogens (tertiary/aromatic N) is 3. The molecule has 0 saturated carbocycles. The van der Waals surface area contributed by atoms with E-state index in [1.807, 2.05) is 68.4 Å². The zero-order valence-electron chi connectivity index (χ0n) is 15.4. The molecule has 2 aromatic heterocycles. The molecule has 0 fully saturated rings. The van der Waals surface area contributed by atoms with Gasteiger partial charge in [-0.15, -0.1) is 21.5 Å². The number of ether oxygens (including phenoxy) is 1. The molecule has 4 rings (SSSR count). The molecule has 0 amide bonds. The van der Waals surface area contributed by atoms with E-state index in [9.17, 15) is 4.79 Å². The highest BCUT2D eigenvalue weighted by atomic mass is 32.1. The Labute approximate surface area is 165 Å². The fourth-order valence-corrected chi connectivity index (χ4v) is 3.59. The van der Waals surface area contributed by atoms with E-state index in [1.54, 1.807) is 0 Å². The molecule has 0 aliphatic heterocycles. The lowest BCUT2D eigenvalue weighted by Crippen LogP contribution is -2.05. The average molecular weight is 391 g/mol. The minimum atomic E-state index is -0.459. The number of benzene rings is 2. The van der Waals surface area contributed by atoms with Crippen LogP contribution in [0.4, 0.5) is 0 Å². The van der Waals surface area contributed by atoms with Crippen LogP contribution in [0.5, 0.6) is 0 Å². The maximum atomic E-state index is 12.6. The predicted octanol–water partition coefficient (Wildman–Crippen LogP) is 4.83.